The number of carbonyl (C=O) groups excluding carboxylic acids is 2. The molecule has 0 aromatic rings. The van der Waals surface area contributed by atoms with E-state index in [0.717, 1.165) is 77.5 Å². The van der Waals surface area contributed by atoms with Gasteiger partial charge >= 0.3 is 5.97 Å². The Morgan fingerprint density at radius 1 is 1.10 bits per heavy atom. The van der Waals surface area contributed by atoms with E-state index < -0.39 is 6.10 Å². The first-order valence-corrected chi connectivity index (χ1v) is 15.1. The molecule has 1 N–H and O–H groups in total. The Balaban J connectivity index is 1.11. The molecule has 0 bridgehead atoms. The van der Waals surface area contributed by atoms with Crippen LogP contribution in [0.2, 0.25) is 0 Å². The average Bonchev–Trinajstić information content (AvgIpc) is 3.62. The summed E-state index contributed by atoms with van der Waals surface area (Å²) in [4.78, 5) is 27.0. The van der Waals surface area contributed by atoms with Crippen molar-refractivity contribution in [2.24, 2.45) is 11.8 Å². The highest BCUT2D eigenvalue weighted by Crippen LogP contribution is 2.46. The third kappa shape index (κ3) is 9.58. The number of rotatable bonds is 9. The Labute approximate surface area is 235 Å². The lowest BCUT2D eigenvalue weighted by atomic mass is 9.83. The predicted octanol–water partition coefficient (Wildman–Crippen LogP) is 5.11. The van der Waals surface area contributed by atoms with E-state index in [1.165, 1.54) is 11.6 Å². The lowest BCUT2D eigenvalue weighted by Crippen LogP contribution is -2.43. The molecular formula is C32H50N2O5. The number of allylic oxidation sites excluding steroid dienone is 3. The second-order valence-electron chi connectivity index (χ2n) is 13.1. The number of amides is 1. The maximum absolute atomic E-state index is 12.4. The van der Waals surface area contributed by atoms with E-state index in [0.29, 0.717) is 5.92 Å². The van der Waals surface area contributed by atoms with Crippen molar-refractivity contribution in [1.29, 1.82) is 0 Å². The summed E-state index contributed by atoms with van der Waals surface area (Å²) in [6.45, 7) is 11.0. The molecule has 3 saturated heterocycles. The van der Waals surface area contributed by atoms with Gasteiger partial charge in [0.25, 0.3) is 0 Å². The van der Waals surface area contributed by atoms with Crippen LogP contribution in [0.15, 0.2) is 36.0 Å². The van der Waals surface area contributed by atoms with Crippen LogP contribution in [-0.2, 0) is 23.8 Å². The summed E-state index contributed by atoms with van der Waals surface area (Å²) >= 11 is 0. The molecule has 0 aromatic heterocycles. The average molecular weight is 543 g/mol. The molecule has 4 rings (SSSR count). The number of nitrogens with one attached hydrogen (secondary N) is 1. The maximum atomic E-state index is 12.4. The fourth-order valence-corrected chi connectivity index (χ4v) is 6.39. The highest BCUT2D eigenvalue weighted by atomic mass is 16.6. The first-order valence-electron chi connectivity index (χ1n) is 15.1. The summed E-state index contributed by atoms with van der Waals surface area (Å²) in [7, 11) is 2.07. The van der Waals surface area contributed by atoms with Gasteiger partial charge in [0.15, 0.2) is 0 Å². The molecular weight excluding hydrogens is 492 g/mol. The minimum atomic E-state index is -0.401. The Morgan fingerprint density at radius 2 is 1.79 bits per heavy atom. The quantitative estimate of drug-likeness (QED) is 0.189. The fraction of sp³-hybridized carbons (Fsp3) is 0.750. The molecule has 3 heterocycles. The van der Waals surface area contributed by atoms with E-state index in [2.05, 4.69) is 56.3 Å². The zero-order chi connectivity index (χ0) is 28.0. The molecule has 1 spiro atoms. The number of carbonyl (C=O) groups is 2. The number of nitrogens with zero attached hydrogens (tertiary/aromatic N) is 1. The van der Waals surface area contributed by atoms with Gasteiger partial charge in [0.2, 0.25) is 5.91 Å². The van der Waals surface area contributed by atoms with E-state index in [-0.39, 0.29) is 41.1 Å². The zero-order valence-corrected chi connectivity index (χ0v) is 24.7. The van der Waals surface area contributed by atoms with Crippen molar-refractivity contribution in [3.8, 4) is 0 Å². The van der Waals surface area contributed by atoms with Crippen LogP contribution >= 0.6 is 0 Å². The highest BCUT2D eigenvalue weighted by molar-refractivity contribution is 5.87. The molecule has 7 heteroatoms. The fourth-order valence-electron chi connectivity index (χ4n) is 6.39. The molecule has 4 aliphatic rings. The van der Waals surface area contributed by atoms with Crippen molar-refractivity contribution in [3.63, 3.8) is 0 Å². The van der Waals surface area contributed by atoms with Gasteiger partial charge in [-0.2, -0.15) is 0 Å². The number of epoxide rings is 1. The monoisotopic (exact) mass is 542 g/mol. The Hall–Kier alpha value is -1.96. The molecule has 0 unspecified atom stereocenters. The highest BCUT2D eigenvalue weighted by Gasteiger charge is 2.53. The largest absolute Gasteiger partial charge is 0.458 e. The van der Waals surface area contributed by atoms with Gasteiger partial charge in [-0.15, -0.1) is 0 Å². The van der Waals surface area contributed by atoms with Crippen molar-refractivity contribution in [3.05, 3.63) is 36.0 Å². The van der Waals surface area contributed by atoms with Gasteiger partial charge in [-0.1, -0.05) is 23.8 Å². The van der Waals surface area contributed by atoms with Crippen molar-refractivity contribution >= 4 is 11.9 Å². The predicted molar refractivity (Wildman–Crippen MR) is 153 cm³/mol. The smallest absolute Gasteiger partial charge is 0.309 e. The lowest BCUT2D eigenvalue weighted by molar-refractivity contribution is -0.152. The van der Waals surface area contributed by atoms with Crippen LogP contribution in [0, 0.1) is 11.8 Å². The van der Waals surface area contributed by atoms with E-state index in [9.17, 15) is 9.59 Å². The van der Waals surface area contributed by atoms with Crippen LogP contribution in [0.5, 0.6) is 0 Å². The minimum absolute atomic E-state index is 0.0287. The number of hydrogen-bond donors (Lipinski definition) is 1. The van der Waals surface area contributed by atoms with Gasteiger partial charge in [-0.3, -0.25) is 9.59 Å². The van der Waals surface area contributed by atoms with Gasteiger partial charge in [0.1, 0.15) is 6.10 Å². The summed E-state index contributed by atoms with van der Waals surface area (Å²) < 4.78 is 17.6. The van der Waals surface area contributed by atoms with Crippen molar-refractivity contribution in [2.45, 2.75) is 115 Å². The zero-order valence-electron chi connectivity index (χ0n) is 24.7. The summed E-state index contributed by atoms with van der Waals surface area (Å²) in [5.41, 5.74) is 1.19. The molecule has 0 radical (unpaired) electrons. The van der Waals surface area contributed by atoms with E-state index in [1.54, 1.807) is 6.08 Å². The molecule has 4 fully saturated rings. The molecule has 3 aliphatic heterocycles. The Morgan fingerprint density at radius 3 is 2.46 bits per heavy atom. The van der Waals surface area contributed by atoms with Crippen LogP contribution in [0.3, 0.4) is 0 Å². The molecule has 7 nitrogen and oxygen atoms in total. The third-order valence-electron chi connectivity index (χ3n) is 8.76. The van der Waals surface area contributed by atoms with Gasteiger partial charge in [-0.25, -0.2) is 0 Å². The van der Waals surface area contributed by atoms with E-state index in [1.807, 2.05) is 6.92 Å². The summed E-state index contributed by atoms with van der Waals surface area (Å²) in [5, 5.41) is 3.13. The van der Waals surface area contributed by atoms with Crippen LogP contribution in [0.1, 0.15) is 85.5 Å². The normalized spacial score (nSPS) is 32.9. The molecule has 1 aliphatic carbocycles. The summed E-state index contributed by atoms with van der Waals surface area (Å²) in [6.07, 6.45) is 18.6. The number of hydrogen-bond acceptors (Lipinski definition) is 6. The van der Waals surface area contributed by atoms with Gasteiger partial charge in [-0.05, 0) is 105 Å². The van der Waals surface area contributed by atoms with Gasteiger partial charge in [0.05, 0.1) is 29.8 Å². The van der Waals surface area contributed by atoms with Gasteiger partial charge in [0, 0.05) is 25.0 Å². The number of esters is 1. The van der Waals surface area contributed by atoms with Gasteiger partial charge < -0.3 is 24.4 Å². The molecule has 0 aromatic carbocycles. The van der Waals surface area contributed by atoms with Crippen LogP contribution < -0.4 is 5.32 Å². The second kappa shape index (κ2) is 13.1. The maximum Gasteiger partial charge on any atom is 0.309 e. The molecule has 218 valence electrons. The summed E-state index contributed by atoms with van der Waals surface area (Å²) in [6, 6.07) is 0.212. The van der Waals surface area contributed by atoms with Crippen molar-refractivity contribution < 1.29 is 23.8 Å². The Kier molecular flexibility index (Phi) is 10.1. The first kappa shape index (κ1) is 30.0. The van der Waals surface area contributed by atoms with Crippen LogP contribution in [0.25, 0.3) is 0 Å². The molecule has 39 heavy (non-hydrogen) atoms. The van der Waals surface area contributed by atoms with Crippen LogP contribution in [0.4, 0.5) is 0 Å². The molecule has 1 saturated carbocycles. The SMILES string of the molecule is CC(/C=C/[C@@H]1C[C@]2(CO2)CC(C)(C)O1)=C\C[C@H]1CC[C@H](NC(=O)/C=C\[C@H](C)OC(=O)C2CCN(C)CC2)CC1. The number of ether oxygens (including phenoxy) is 3. The number of likely N-dealkylation sites (tertiary alicyclic amines) is 1. The summed E-state index contributed by atoms with van der Waals surface area (Å²) in [5.74, 6) is 0.377. The molecule has 1 amide bonds. The minimum Gasteiger partial charge on any atom is -0.458 e. The first-order chi connectivity index (χ1) is 18.5. The topological polar surface area (TPSA) is 80.4 Å². The standard InChI is InChI=1S/C32H50N2O5/c1-23(7-14-28-20-32(22-37-32)21-31(3,4)39-28)6-9-25-10-12-27(13-11-25)33-29(35)15-8-24(2)38-30(36)26-16-18-34(5)19-17-26/h6-8,14-15,24-28H,9-13,16-22H2,1-5H3,(H,33,35)/b14-7+,15-8-,23-6+/t24-,25-,27-,28+,32+/m0/s1. The van der Waals surface area contributed by atoms with Crippen molar-refractivity contribution in [1.82, 2.24) is 10.2 Å². The third-order valence-corrected chi connectivity index (χ3v) is 8.76. The second-order valence-corrected chi connectivity index (χ2v) is 13.1. The Bertz CT molecular complexity index is 928. The van der Waals surface area contributed by atoms with E-state index >= 15 is 0 Å². The van der Waals surface area contributed by atoms with E-state index in [4.69, 9.17) is 14.2 Å². The number of piperidine rings is 1. The van der Waals surface area contributed by atoms with Crippen LogP contribution in [-0.4, -0.2) is 73.0 Å². The molecule has 3 atom stereocenters. The lowest BCUT2D eigenvalue weighted by Gasteiger charge is -2.38. The van der Waals surface area contributed by atoms with Crippen molar-refractivity contribution in [2.75, 3.05) is 26.7 Å².